The number of fused-ring (bicyclic) bond motifs is 1. The minimum absolute atomic E-state index is 0.0934. The zero-order valence-corrected chi connectivity index (χ0v) is 19.2. The number of ether oxygens (including phenoxy) is 4. The van der Waals surface area contributed by atoms with Crippen LogP contribution in [0.3, 0.4) is 0 Å². The van der Waals surface area contributed by atoms with E-state index in [9.17, 15) is 9.59 Å². The molecule has 2 aromatic heterocycles. The van der Waals surface area contributed by atoms with Crippen LogP contribution in [0.1, 0.15) is 17.7 Å². The van der Waals surface area contributed by atoms with Gasteiger partial charge in [0, 0.05) is 17.9 Å². The Bertz CT molecular complexity index is 1400. The fourth-order valence-corrected chi connectivity index (χ4v) is 3.64. The van der Waals surface area contributed by atoms with E-state index in [2.05, 4.69) is 5.16 Å². The first-order valence-electron chi connectivity index (χ1n) is 10.4. The van der Waals surface area contributed by atoms with Gasteiger partial charge in [0.1, 0.15) is 17.1 Å². The van der Waals surface area contributed by atoms with Gasteiger partial charge in [-0.25, -0.2) is 4.79 Å². The fourth-order valence-electron chi connectivity index (χ4n) is 3.64. The topological polar surface area (TPSA) is 110 Å². The van der Waals surface area contributed by atoms with E-state index < -0.39 is 11.6 Å². The summed E-state index contributed by atoms with van der Waals surface area (Å²) in [4.78, 5) is 25.1. The van der Waals surface area contributed by atoms with E-state index in [4.69, 9.17) is 27.9 Å². The first kappa shape index (κ1) is 22.9. The highest BCUT2D eigenvalue weighted by Crippen LogP contribution is 2.34. The Hall–Kier alpha value is -4.27. The first-order chi connectivity index (χ1) is 16.4. The van der Waals surface area contributed by atoms with Gasteiger partial charge in [-0.2, -0.15) is 0 Å². The summed E-state index contributed by atoms with van der Waals surface area (Å²) in [6.45, 7) is 1.81. The second kappa shape index (κ2) is 9.70. The van der Waals surface area contributed by atoms with Crippen molar-refractivity contribution in [2.24, 2.45) is 0 Å². The number of methoxy groups -OCH3 is 3. The van der Waals surface area contributed by atoms with Gasteiger partial charge in [0.05, 0.1) is 33.3 Å². The molecule has 0 saturated carbocycles. The minimum atomic E-state index is -0.482. The molecule has 0 aliphatic heterocycles. The van der Waals surface area contributed by atoms with Crippen LogP contribution < -0.4 is 24.6 Å². The van der Waals surface area contributed by atoms with Crippen LogP contribution in [0.4, 0.5) is 0 Å². The van der Waals surface area contributed by atoms with Crippen LogP contribution in [0.5, 0.6) is 23.1 Å². The summed E-state index contributed by atoms with van der Waals surface area (Å²) in [5, 5.41) is 4.35. The van der Waals surface area contributed by atoms with Crippen molar-refractivity contribution in [2.75, 3.05) is 21.3 Å². The molecule has 4 aromatic rings. The van der Waals surface area contributed by atoms with E-state index in [1.807, 2.05) is 6.92 Å². The van der Waals surface area contributed by atoms with Gasteiger partial charge in [0.2, 0.25) is 0 Å². The van der Waals surface area contributed by atoms with Crippen LogP contribution in [0.2, 0.25) is 0 Å². The zero-order valence-electron chi connectivity index (χ0n) is 19.2. The number of rotatable bonds is 8. The molecule has 34 heavy (non-hydrogen) atoms. The molecule has 0 aliphatic rings. The Kier molecular flexibility index (Phi) is 6.53. The summed E-state index contributed by atoms with van der Waals surface area (Å²) in [6, 6.07) is 11.7. The lowest BCUT2D eigenvalue weighted by atomic mass is 9.99. The van der Waals surface area contributed by atoms with Gasteiger partial charge in [-0.05, 0) is 53.5 Å². The lowest BCUT2D eigenvalue weighted by Crippen LogP contribution is -2.09. The van der Waals surface area contributed by atoms with Gasteiger partial charge in [0.15, 0.2) is 11.5 Å². The number of esters is 1. The third-order valence-corrected chi connectivity index (χ3v) is 5.36. The molecular formula is C25H23NO8. The molecule has 0 aliphatic carbocycles. The van der Waals surface area contributed by atoms with E-state index in [1.54, 1.807) is 49.6 Å². The average molecular weight is 465 g/mol. The number of nitrogens with zero attached hydrogens (tertiary/aromatic N) is 1. The second-order valence-electron chi connectivity index (χ2n) is 7.43. The van der Waals surface area contributed by atoms with Gasteiger partial charge >= 0.3 is 11.6 Å². The maximum atomic E-state index is 12.8. The van der Waals surface area contributed by atoms with Crippen LogP contribution >= 0.6 is 0 Å². The minimum Gasteiger partial charge on any atom is -0.493 e. The predicted molar refractivity (Wildman–Crippen MR) is 123 cm³/mol. The molecule has 0 unspecified atom stereocenters. The zero-order chi connectivity index (χ0) is 24.2. The number of carbonyl (C=O) groups excluding carboxylic acids is 1. The normalized spacial score (nSPS) is 10.8. The van der Waals surface area contributed by atoms with Crippen molar-refractivity contribution >= 4 is 16.9 Å². The Labute approximate surface area is 194 Å². The van der Waals surface area contributed by atoms with Crippen molar-refractivity contribution in [1.82, 2.24) is 5.16 Å². The summed E-state index contributed by atoms with van der Waals surface area (Å²) in [5.74, 6) is 1.80. The Morgan fingerprint density at radius 2 is 1.76 bits per heavy atom. The molecule has 0 spiro atoms. The SMILES string of the molecule is COc1cc(CCC(=O)Oc2ccc3oc(=O)c(-c4ccc(OC)c(OC)c4)c(C)c3c2)on1. The average Bonchev–Trinajstić information content (AvgIpc) is 3.31. The van der Waals surface area contributed by atoms with Crippen LogP contribution in [-0.4, -0.2) is 32.5 Å². The van der Waals surface area contributed by atoms with E-state index in [1.165, 1.54) is 14.2 Å². The smallest absolute Gasteiger partial charge is 0.344 e. The lowest BCUT2D eigenvalue weighted by molar-refractivity contribution is -0.134. The molecule has 0 saturated heterocycles. The Balaban J connectivity index is 1.60. The molecule has 0 bridgehead atoms. The summed E-state index contributed by atoms with van der Waals surface area (Å²) in [6.07, 6.45) is 0.413. The standard InChI is InChI=1S/C25H23NO8/c1-14-18-12-16(32-23(27)10-7-17-13-22(31-4)26-34-17)6-9-19(18)33-25(28)24(14)15-5-8-20(29-2)21(11-15)30-3/h5-6,8-9,11-13H,7,10H2,1-4H3. The second-order valence-corrected chi connectivity index (χ2v) is 7.43. The van der Waals surface area contributed by atoms with Crippen molar-refractivity contribution in [3.8, 4) is 34.3 Å². The van der Waals surface area contributed by atoms with E-state index in [0.29, 0.717) is 63.0 Å². The fraction of sp³-hybridized carbons (Fsp3) is 0.240. The van der Waals surface area contributed by atoms with Gasteiger partial charge in [-0.1, -0.05) is 6.07 Å². The highest BCUT2D eigenvalue weighted by molar-refractivity contribution is 5.88. The molecule has 0 amide bonds. The Morgan fingerprint density at radius 3 is 2.47 bits per heavy atom. The first-order valence-corrected chi connectivity index (χ1v) is 10.4. The molecular weight excluding hydrogens is 442 g/mol. The van der Waals surface area contributed by atoms with Crippen LogP contribution in [0, 0.1) is 6.92 Å². The van der Waals surface area contributed by atoms with Crippen molar-refractivity contribution in [3.63, 3.8) is 0 Å². The quantitative estimate of drug-likeness (QED) is 0.213. The molecule has 0 fully saturated rings. The third-order valence-electron chi connectivity index (χ3n) is 5.36. The van der Waals surface area contributed by atoms with Crippen molar-refractivity contribution < 1.29 is 32.7 Å². The van der Waals surface area contributed by atoms with E-state index in [0.717, 1.165) is 0 Å². The largest absolute Gasteiger partial charge is 0.493 e. The van der Waals surface area contributed by atoms with E-state index >= 15 is 0 Å². The summed E-state index contributed by atoms with van der Waals surface area (Å²) in [7, 11) is 4.55. The summed E-state index contributed by atoms with van der Waals surface area (Å²) >= 11 is 0. The number of benzene rings is 2. The highest BCUT2D eigenvalue weighted by atomic mass is 16.5. The molecule has 2 heterocycles. The van der Waals surface area contributed by atoms with Crippen LogP contribution in [0.25, 0.3) is 22.1 Å². The van der Waals surface area contributed by atoms with Gasteiger partial charge in [0.25, 0.3) is 5.88 Å². The van der Waals surface area contributed by atoms with Gasteiger partial charge < -0.3 is 27.9 Å². The number of hydrogen-bond donors (Lipinski definition) is 0. The lowest BCUT2D eigenvalue weighted by Gasteiger charge is -2.12. The highest BCUT2D eigenvalue weighted by Gasteiger charge is 2.17. The predicted octanol–water partition coefficient (Wildman–Crippen LogP) is 4.32. The monoisotopic (exact) mass is 465 g/mol. The molecule has 9 nitrogen and oxygen atoms in total. The van der Waals surface area contributed by atoms with Crippen molar-refractivity contribution in [3.05, 3.63) is 64.2 Å². The maximum Gasteiger partial charge on any atom is 0.344 e. The molecule has 2 aromatic carbocycles. The number of carbonyl (C=O) groups is 1. The number of hydrogen-bond acceptors (Lipinski definition) is 9. The van der Waals surface area contributed by atoms with Crippen molar-refractivity contribution in [2.45, 2.75) is 19.8 Å². The van der Waals surface area contributed by atoms with Gasteiger partial charge in [-0.15, -0.1) is 0 Å². The summed E-state index contributed by atoms with van der Waals surface area (Å²) < 4.78 is 31.7. The number of aromatic nitrogens is 1. The third kappa shape index (κ3) is 4.59. The van der Waals surface area contributed by atoms with Gasteiger partial charge in [-0.3, -0.25) is 4.79 Å². The Morgan fingerprint density at radius 1 is 0.971 bits per heavy atom. The molecule has 4 rings (SSSR count). The molecule has 9 heteroatoms. The molecule has 0 atom stereocenters. The van der Waals surface area contributed by atoms with Crippen molar-refractivity contribution in [1.29, 1.82) is 0 Å². The maximum absolute atomic E-state index is 12.8. The number of aryl methyl sites for hydroxylation is 2. The molecule has 176 valence electrons. The molecule has 0 N–H and O–H groups in total. The van der Waals surface area contributed by atoms with Crippen LogP contribution in [-0.2, 0) is 11.2 Å². The molecule has 0 radical (unpaired) electrons. The summed E-state index contributed by atoms with van der Waals surface area (Å²) in [5.41, 5.74) is 1.60. The van der Waals surface area contributed by atoms with E-state index in [-0.39, 0.29) is 6.42 Å². The van der Waals surface area contributed by atoms with Crippen LogP contribution in [0.15, 0.2) is 56.2 Å².